The second-order valence-corrected chi connectivity index (χ2v) is 5.52. The van der Waals surface area contributed by atoms with E-state index in [4.69, 9.17) is 5.73 Å². The minimum absolute atomic E-state index is 0.152. The van der Waals surface area contributed by atoms with Gasteiger partial charge in [-0.25, -0.2) is 0 Å². The highest BCUT2D eigenvalue weighted by Gasteiger charge is 2.22. The lowest BCUT2D eigenvalue weighted by molar-refractivity contribution is -0.119. The zero-order chi connectivity index (χ0) is 13.0. The molecule has 0 spiro atoms. The number of likely N-dealkylation sites (N-methyl/N-ethyl adjacent to an activating group) is 1. The van der Waals surface area contributed by atoms with Crippen molar-refractivity contribution in [3.63, 3.8) is 0 Å². The Kier molecular flexibility index (Phi) is 4.63. The van der Waals surface area contributed by atoms with Crippen LogP contribution in [0.4, 0.5) is 5.69 Å². The van der Waals surface area contributed by atoms with Crippen LogP contribution in [0.1, 0.15) is 0 Å². The Hall–Kier alpha value is -1.04. The lowest BCUT2D eigenvalue weighted by atomic mass is 10.2. The van der Waals surface area contributed by atoms with Crippen molar-refractivity contribution in [3.05, 3.63) is 24.3 Å². The van der Waals surface area contributed by atoms with Crippen LogP contribution in [0.3, 0.4) is 0 Å². The molecule has 1 aliphatic rings. The quantitative estimate of drug-likeness (QED) is 0.883. The first kappa shape index (κ1) is 13.4. The number of hydrogen-bond acceptors (Lipinski definition) is 4. The van der Waals surface area contributed by atoms with Crippen LogP contribution < -0.4 is 10.6 Å². The fourth-order valence-electron chi connectivity index (χ4n) is 2.04. The number of hydrogen-bond donors (Lipinski definition) is 1. The molecule has 0 fully saturated rings. The molecule has 2 N–H and O–H groups in total. The Balaban J connectivity index is 2.08. The normalized spacial score (nSPS) is 14.7. The monoisotopic (exact) mass is 265 g/mol. The van der Waals surface area contributed by atoms with Gasteiger partial charge in [-0.2, -0.15) is 0 Å². The van der Waals surface area contributed by atoms with Crippen LogP contribution in [0.5, 0.6) is 0 Å². The molecule has 2 rings (SSSR count). The summed E-state index contributed by atoms with van der Waals surface area (Å²) in [4.78, 5) is 17.3. The number of carbonyl (C=O) groups is 1. The van der Waals surface area contributed by atoms with Crippen LogP contribution in [0.15, 0.2) is 29.2 Å². The van der Waals surface area contributed by atoms with Crippen molar-refractivity contribution in [1.82, 2.24) is 4.90 Å². The summed E-state index contributed by atoms with van der Waals surface area (Å²) in [6.07, 6.45) is 0. The number of nitrogens with two attached hydrogens (primary N) is 1. The molecule has 98 valence electrons. The van der Waals surface area contributed by atoms with Gasteiger partial charge in [-0.1, -0.05) is 12.1 Å². The molecular formula is C13H19N3OS. The van der Waals surface area contributed by atoms with Crippen molar-refractivity contribution in [2.24, 2.45) is 5.73 Å². The van der Waals surface area contributed by atoms with E-state index in [9.17, 15) is 4.79 Å². The molecule has 1 heterocycles. The van der Waals surface area contributed by atoms with E-state index in [0.29, 0.717) is 13.1 Å². The first-order chi connectivity index (χ1) is 8.72. The van der Waals surface area contributed by atoms with Gasteiger partial charge in [-0.05, 0) is 19.2 Å². The molecule has 1 amide bonds. The van der Waals surface area contributed by atoms with E-state index in [1.165, 1.54) is 4.90 Å². The van der Waals surface area contributed by atoms with E-state index in [0.717, 1.165) is 24.5 Å². The fourth-order valence-corrected chi connectivity index (χ4v) is 3.04. The highest BCUT2D eigenvalue weighted by Crippen LogP contribution is 2.34. The summed E-state index contributed by atoms with van der Waals surface area (Å²) in [5.74, 6) is 1.11. The van der Waals surface area contributed by atoms with Crippen molar-refractivity contribution >= 4 is 23.4 Å². The van der Waals surface area contributed by atoms with Crippen LogP contribution in [-0.2, 0) is 4.79 Å². The summed E-state index contributed by atoms with van der Waals surface area (Å²) < 4.78 is 0. The molecule has 0 radical (unpaired) electrons. The van der Waals surface area contributed by atoms with Gasteiger partial charge in [-0.15, -0.1) is 11.8 Å². The van der Waals surface area contributed by atoms with E-state index in [2.05, 4.69) is 6.07 Å². The Morgan fingerprint density at radius 2 is 2.28 bits per heavy atom. The van der Waals surface area contributed by atoms with Gasteiger partial charge in [0, 0.05) is 30.3 Å². The topological polar surface area (TPSA) is 49.6 Å². The second kappa shape index (κ2) is 6.22. The van der Waals surface area contributed by atoms with Gasteiger partial charge in [-0.3, -0.25) is 9.69 Å². The first-order valence-corrected chi connectivity index (χ1v) is 7.11. The van der Waals surface area contributed by atoms with Crippen LogP contribution in [0.25, 0.3) is 0 Å². The maximum Gasteiger partial charge on any atom is 0.241 e. The summed E-state index contributed by atoms with van der Waals surface area (Å²) in [6.45, 7) is 2.54. The number of nitrogens with zero attached hydrogens (tertiary/aromatic N) is 2. The Labute approximate surface area is 112 Å². The number of carbonyl (C=O) groups excluding carboxylic acids is 1. The van der Waals surface area contributed by atoms with Crippen molar-refractivity contribution in [3.8, 4) is 0 Å². The second-order valence-electron chi connectivity index (χ2n) is 4.39. The maximum atomic E-state index is 12.3. The number of para-hydroxylation sites is 1. The number of amides is 1. The van der Waals surface area contributed by atoms with Gasteiger partial charge >= 0.3 is 0 Å². The zero-order valence-electron chi connectivity index (χ0n) is 10.6. The van der Waals surface area contributed by atoms with E-state index >= 15 is 0 Å². The van der Waals surface area contributed by atoms with E-state index in [-0.39, 0.29) is 5.91 Å². The van der Waals surface area contributed by atoms with Crippen LogP contribution in [-0.4, -0.2) is 49.8 Å². The molecule has 0 aromatic heterocycles. The molecule has 1 aromatic carbocycles. The molecule has 0 saturated heterocycles. The number of fused-ring (bicyclic) bond motifs is 1. The summed E-state index contributed by atoms with van der Waals surface area (Å²) >= 11 is 1.81. The van der Waals surface area contributed by atoms with Gasteiger partial charge < -0.3 is 10.6 Å². The third-order valence-electron chi connectivity index (χ3n) is 2.95. The fraction of sp³-hybridized carbons (Fsp3) is 0.462. The Morgan fingerprint density at radius 3 is 3.06 bits per heavy atom. The van der Waals surface area contributed by atoms with E-state index < -0.39 is 0 Å². The number of thioether (sulfide) groups is 1. The van der Waals surface area contributed by atoms with Crippen LogP contribution >= 0.6 is 11.8 Å². The number of rotatable bonds is 4. The van der Waals surface area contributed by atoms with Gasteiger partial charge in [0.15, 0.2) is 0 Å². The lowest BCUT2D eigenvalue weighted by Crippen LogP contribution is -2.42. The van der Waals surface area contributed by atoms with Crippen LogP contribution in [0.2, 0.25) is 0 Å². The molecule has 1 aliphatic heterocycles. The smallest absolute Gasteiger partial charge is 0.241 e. The largest absolute Gasteiger partial charge is 0.329 e. The van der Waals surface area contributed by atoms with Crippen molar-refractivity contribution < 1.29 is 4.79 Å². The molecule has 1 aromatic rings. The SMILES string of the molecule is CN(CCN)CC(=O)N1CCSc2ccccc21. The molecule has 0 aliphatic carbocycles. The third-order valence-corrected chi connectivity index (χ3v) is 3.99. The Morgan fingerprint density at radius 1 is 1.50 bits per heavy atom. The highest BCUT2D eigenvalue weighted by molar-refractivity contribution is 7.99. The summed E-state index contributed by atoms with van der Waals surface area (Å²) in [6, 6.07) is 8.08. The standard InChI is InChI=1S/C13H19N3OS/c1-15(7-6-14)10-13(17)16-8-9-18-12-5-3-2-4-11(12)16/h2-5H,6-10,14H2,1H3. The Bertz CT molecular complexity index is 424. The van der Waals surface area contributed by atoms with E-state index in [1.54, 1.807) is 0 Å². The number of anilines is 1. The molecule has 4 nitrogen and oxygen atoms in total. The summed E-state index contributed by atoms with van der Waals surface area (Å²) in [5.41, 5.74) is 6.53. The molecule has 0 atom stereocenters. The minimum atomic E-state index is 0.152. The zero-order valence-corrected chi connectivity index (χ0v) is 11.4. The van der Waals surface area contributed by atoms with Gasteiger partial charge in [0.2, 0.25) is 5.91 Å². The molecule has 0 saturated carbocycles. The molecule has 18 heavy (non-hydrogen) atoms. The van der Waals surface area contributed by atoms with E-state index in [1.807, 2.05) is 46.8 Å². The molecule has 0 unspecified atom stereocenters. The summed E-state index contributed by atoms with van der Waals surface area (Å²) in [5, 5.41) is 0. The average Bonchev–Trinajstić information content (AvgIpc) is 2.38. The van der Waals surface area contributed by atoms with Gasteiger partial charge in [0.1, 0.15) is 0 Å². The molecule has 0 bridgehead atoms. The minimum Gasteiger partial charge on any atom is -0.329 e. The van der Waals surface area contributed by atoms with Crippen LogP contribution in [0, 0.1) is 0 Å². The van der Waals surface area contributed by atoms with Crippen molar-refractivity contribution in [1.29, 1.82) is 0 Å². The summed E-state index contributed by atoms with van der Waals surface area (Å²) in [7, 11) is 1.93. The maximum absolute atomic E-state index is 12.3. The van der Waals surface area contributed by atoms with Crippen molar-refractivity contribution in [2.45, 2.75) is 4.90 Å². The van der Waals surface area contributed by atoms with Gasteiger partial charge in [0.05, 0.1) is 12.2 Å². The average molecular weight is 265 g/mol. The highest BCUT2D eigenvalue weighted by atomic mass is 32.2. The molecule has 5 heteroatoms. The van der Waals surface area contributed by atoms with Gasteiger partial charge in [0.25, 0.3) is 0 Å². The lowest BCUT2D eigenvalue weighted by Gasteiger charge is -2.30. The predicted octanol–water partition coefficient (Wildman–Crippen LogP) is 1.02. The molecular weight excluding hydrogens is 246 g/mol. The number of benzene rings is 1. The first-order valence-electron chi connectivity index (χ1n) is 6.13. The predicted molar refractivity (Wildman–Crippen MR) is 76.1 cm³/mol. The van der Waals surface area contributed by atoms with Crippen molar-refractivity contribution in [2.75, 3.05) is 43.9 Å². The third kappa shape index (κ3) is 3.04.